The number of aromatic nitrogens is 5. The summed E-state index contributed by atoms with van der Waals surface area (Å²) in [5.74, 6) is 0.488. The molecule has 8 nitrogen and oxygen atoms in total. The van der Waals surface area contributed by atoms with Gasteiger partial charge in [0.15, 0.2) is 12.4 Å². The van der Waals surface area contributed by atoms with Crippen molar-refractivity contribution in [2.24, 2.45) is 0 Å². The lowest BCUT2D eigenvalue weighted by atomic mass is 9.87. The maximum absolute atomic E-state index is 12.5. The fourth-order valence-electron chi connectivity index (χ4n) is 3.17. The van der Waals surface area contributed by atoms with E-state index in [0.29, 0.717) is 16.6 Å². The number of ether oxygens (including phenoxy) is 1. The second kappa shape index (κ2) is 9.87. The minimum absolute atomic E-state index is 0.0804. The molecular weight excluding hydrogens is 475 g/mol. The summed E-state index contributed by atoms with van der Waals surface area (Å²) in [4.78, 5) is 16.7. The van der Waals surface area contributed by atoms with Gasteiger partial charge in [-0.1, -0.05) is 62.2 Å². The predicted molar refractivity (Wildman–Crippen MR) is 132 cm³/mol. The minimum Gasteiger partial charge on any atom is -0.471 e. The first-order valence-corrected chi connectivity index (χ1v) is 11.3. The van der Waals surface area contributed by atoms with E-state index in [4.69, 9.17) is 27.9 Å². The molecule has 2 heterocycles. The lowest BCUT2D eigenvalue weighted by Gasteiger charge is -2.19. The molecule has 1 N–H and O–H groups in total. The quantitative estimate of drug-likeness (QED) is 0.367. The smallest absolute Gasteiger partial charge is 0.278 e. The summed E-state index contributed by atoms with van der Waals surface area (Å²) in [6, 6.07) is 14.9. The minimum atomic E-state index is -0.416. The number of hydrogen-bond acceptors (Lipinski definition) is 5. The Morgan fingerprint density at radius 2 is 1.76 bits per heavy atom. The van der Waals surface area contributed by atoms with E-state index in [1.54, 1.807) is 33.8 Å². The van der Waals surface area contributed by atoms with Gasteiger partial charge in [-0.2, -0.15) is 5.10 Å². The lowest BCUT2D eigenvalue weighted by Crippen LogP contribution is -2.15. The van der Waals surface area contributed by atoms with Crippen molar-refractivity contribution in [3.63, 3.8) is 0 Å². The largest absolute Gasteiger partial charge is 0.471 e. The summed E-state index contributed by atoms with van der Waals surface area (Å²) in [5, 5.41) is 12.1. The Kier molecular flexibility index (Phi) is 6.90. The molecule has 176 valence electrons. The number of rotatable bonds is 7. The highest BCUT2D eigenvalue weighted by atomic mass is 35.5. The number of carbonyl (C=O) groups excluding carboxylic acids is 1. The third-order valence-corrected chi connectivity index (χ3v) is 5.79. The van der Waals surface area contributed by atoms with E-state index >= 15 is 0 Å². The van der Waals surface area contributed by atoms with Crippen LogP contribution in [0.25, 0.3) is 0 Å². The fourth-order valence-corrected chi connectivity index (χ4v) is 3.49. The van der Waals surface area contributed by atoms with Crippen molar-refractivity contribution in [1.29, 1.82) is 0 Å². The van der Waals surface area contributed by atoms with E-state index in [-0.39, 0.29) is 23.8 Å². The fraction of sp³-hybridized carbons (Fsp3) is 0.250. The first-order valence-electron chi connectivity index (χ1n) is 10.6. The van der Waals surface area contributed by atoms with Gasteiger partial charge in [-0.15, -0.1) is 5.10 Å². The molecule has 1 amide bonds. The van der Waals surface area contributed by atoms with Gasteiger partial charge in [0.05, 0.1) is 16.6 Å². The Morgan fingerprint density at radius 1 is 1.00 bits per heavy atom. The molecule has 0 aliphatic rings. The van der Waals surface area contributed by atoms with E-state index in [0.717, 1.165) is 11.3 Å². The van der Waals surface area contributed by atoms with Crippen molar-refractivity contribution in [1.82, 2.24) is 24.5 Å². The van der Waals surface area contributed by atoms with Gasteiger partial charge >= 0.3 is 0 Å². The van der Waals surface area contributed by atoms with Gasteiger partial charge in [0.2, 0.25) is 5.95 Å². The van der Waals surface area contributed by atoms with Crippen LogP contribution in [-0.2, 0) is 18.7 Å². The third-order valence-electron chi connectivity index (χ3n) is 5.05. The van der Waals surface area contributed by atoms with Crippen molar-refractivity contribution in [3.05, 3.63) is 87.9 Å². The van der Waals surface area contributed by atoms with Gasteiger partial charge in [-0.05, 0) is 46.9 Å². The van der Waals surface area contributed by atoms with Gasteiger partial charge in [-0.3, -0.25) is 10.1 Å². The number of anilines is 1. The van der Waals surface area contributed by atoms with E-state index in [9.17, 15) is 4.79 Å². The number of hydrogen-bond donors (Lipinski definition) is 1. The van der Waals surface area contributed by atoms with Crippen LogP contribution in [0.15, 0.2) is 61.1 Å². The zero-order valence-corrected chi connectivity index (χ0v) is 20.5. The normalized spacial score (nSPS) is 11.4. The molecule has 0 spiro atoms. The molecule has 0 atom stereocenters. The summed E-state index contributed by atoms with van der Waals surface area (Å²) in [5.41, 5.74) is 2.44. The van der Waals surface area contributed by atoms with Crippen molar-refractivity contribution < 1.29 is 9.53 Å². The second-order valence-electron chi connectivity index (χ2n) is 8.76. The molecule has 4 aromatic rings. The van der Waals surface area contributed by atoms with Crippen LogP contribution in [0.3, 0.4) is 0 Å². The molecule has 0 aliphatic heterocycles. The molecule has 4 rings (SSSR count). The van der Waals surface area contributed by atoms with Crippen LogP contribution in [0.5, 0.6) is 5.75 Å². The van der Waals surface area contributed by atoms with Crippen LogP contribution in [0, 0.1) is 0 Å². The molecule has 0 unspecified atom stereocenters. The number of carbonyl (C=O) groups is 1. The molecule has 2 aromatic heterocycles. The Balaban J connectivity index is 1.31. The first kappa shape index (κ1) is 23.8. The molecular formula is C24H24Cl2N6O2. The number of halogens is 2. The van der Waals surface area contributed by atoms with Gasteiger partial charge in [0.1, 0.15) is 12.1 Å². The standard InChI is InChI=1S/C24H24Cl2N6O2/c1-24(2,3)17-5-7-18(8-6-17)34-15-31-11-10-21(29-31)22(33)28-23-27-14-32(30-23)13-16-4-9-19(25)20(26)12-16/h4-12,14H,13,15H2,1-3H3,(H,28,30,33). The molecule has 0 bridgehead atoms. The van der Waals surface area contributed by atoms with Crippen molar-refractivity contribution in [2.45, 2.75) is 39.5 Å². The maximum Gasteiger partial charge on any atom is 0.278 e. The Hall–Kier alpha value is -3.36. The molecule has 34 heavy (non-hydrogen) atoms. The lowest BCUT2D eigenvalue weighted by molar-refractivity contribution is 0.101. The van der Waals surface area contributed by atoms with Gasteiger partial charge in [0.25, 0.3) is 5.91 Å². The topological polar surface area (TPSA) is 86.9 Å². The summed E-state index contributed by atoms with van der Waals surface area (Å²) in [6.07, 6.45) is 3.20. The SMILES string of the molecule is CC(C)(C)c1ccc(OCn2ccc(C(=O)Nc3ncn(Cc4ccc(Cl)c(Cl)c4)n3)n2)cc1. The monoisotopic (exact) mass is 498 g/mol. The molecule has 0 saturated heterocycles. The molecule has 2 aromatic carbocycles. The summed E-state index contributed by atoms with van der Waals surface area (Å²) >= 11 is 12.0. The van der Waals surface area contributed by atoms with Gasteiger partial charge in [-0.25, -0.2) is 14.3 Å². The van der Waals surface area contributed by atoms with Crippen LogP contribution in [0.1, 0.15) is 42.4 Å². The molecule has 0 aliphatic carbocycles. The van der Waals surface area contributed by atoms with Gasteiger partial charge < -0.3 is 4.74 Å². The van der Waals surface area contributed by atoms with E-state index in [2.05, 4.69) is 41.3 Å². The maximum atomic E-state index is 12.5. The van der Waals surface area contributed by atoms with Gasteiger partial charge in [0, 0.05) is 6.20 Å². The van der Waals surface area contributed by atoms with Crippen LogP contribution in [0.4, 0.5) is 5.95 Å². The summed E-state index contributed by atoms with van der Waals surface area (Å²) < 4.78 is 8.90. The number of amides is 1. The highest BCUT2D eigenvalue weighted by Gasteiger charge is 2.14. The first-order chi connectivity index (χ1) is 16.2. The zero-order valence-electron chi connectivity index (χ0n) is 19.0. The van der Waals surface area contributed by atoms with Crippen molar-refractivity contribution in [2.75, 3.05) is 5.32 Å². The number of nitrogens with zero attached hydrogens (tertiary/aromatic N) is 5. The predicted octanol–water partition coefficient (Wildman–Crippen LogP) is 5.42. The average molecular weight is 499 g/mol. The molecule has 0 saturated carbocycles. The third kappa shape index (κ3) is 5.95. The van der Waals surface area contributed by atoms with Crippen LogP contribution >= 0.6 is 23.2 Å². The van der Waals surface area contributed by atoms with E-state index in [1.165, 1.54) is 11.9 Å². The number of nitrogens with one attached hydrogen (secondary N) is 1. The van der Waals surface area contributed by atoms with E-state index in [1.807, 2.05) is 30.3 Å². The van der Waals surface area contributed by atoms with Crippen LogP contribution < -0.4 is 10.1 Å². The Bertz CT molecular complexity index is 1290. The molecule has 0 radical (unpaired) electrons. The molecule has 10 heteroatoms. The number of benzene rings is 2. The highest BCUT2D eigenvalue weighted by molar-refractivity contribution is 6.42. The summed E-state index contributed by atoms with van der Waals surface area (Å²) in [6.45, 7) is 7.10. The summed E-state index contributed by atoms with van der Waals surface area (Å²) in [7, 11) is 0. The van der Waals surface area contributed by atoms with Crippen molar-refractivity contribution in [3.8, 4) is 5.75 Å². The van der Waals surface area contributed by atoms with Crippen molar-refractivity contribution >= 4 is 35.1 Å². The Morgan fingerprint density at radius 3 is 2.47 bits per heavy atom. The second-order valence-corrected chi connectivity index (χ2v) is 9.57. The Labute approximate surface area is 207 Å². The van der Waals surface area contributed by atoms with Crippen LogP contribution in [-0.4, -0.2) is 30.5 Å². The molecule has 0 fully saturated rings. The average Bonchev–Trinajstić information content (AvgIpc) is 3.44. The van der Waals surface area contributed by atoms with E-state index < -0.39 is 5.91 Å². The highest BCUT2D eigenvalue weighted by Crippen LogP contribution is 2.24. The zero-order chi connectivity index (χ0) is 24.3. The van der Waals surface area contributed by atoms with Crippen LogP contribution in [0.2, 0.25) is 10.0 Å².